The quantitative estimate of drug-likeness (QED) is 0.401. The lowest BCUT2D eigenvalue weighted by Crippen LogP contribution is -2.14. The van der Waals surface area contributed by atoms with Gasteiger partial charge in [0.05, 0.1) is 12.2 Å². The summed E-state index contributed by atoms with van der Waals surface area (Å²) in [5, 5.41) is 15.9. The summed E-state index contributed by atoms with van der Waals surface area (Å²) in [6.07, 6.45) is 2.77. The summed E-state index contributed by atoms with van der Waals surface area (Å²) in [6, 6.07) is 13.5. The Morgan fingerprint density at radius 1 is 1.03 bits per heavy atom. The first-order valence-electron chi connectivity index (χ1n) is 8.84. The Hall–Kier alpha value is -2.89. The molecule has 29 heavy (non-hydrogen) atoms. The summed E-state index contributed by atoms with van der Waals surface area (Å²) < 4.78 is 13.7. The van der Waals surface area contributed by atoms with E-state index in [0.29, 0.717) is 38.1 Å². The lowest BCUT2D eigenvalue weighted by Gasteiger charge is -2.23. The Morgan fingerprint density at radius 3 is 2.59 bits per heavy atom. The number of anilines is 1. The molecule has 0 aliphatic heterocycles. The number of nitrogens with zero attached hydrogens (tertiary/aromatic N) is 2. The first-order chi connectivity index (χ1) is 13.9. The summed E-state index contributed by atoms with van der Waals surface area (Å²) >= 11 is 12.5. The molecule has 2 aromatic heterocycles. The standard InChI is InChI=1S/C22H16Cl2FN3O/c1-12-9-19(27-11-18(12)25)28-21(15-7-5-14(23)10-17(15)24)16-6-4-13-3-2-8-26-20(13)22(16)29/h2-11,21,29H,1H3,(H,27,28). The second-order valence-corrected chi connectivity index (χ2v) is 7.48. The SMILES string of the molecule is Cc1cc(NC(c2ccc(Cl)cc2Cl)c2ccc3cccnc3c2O)ncc1F. The van der Waals surface area contributed by atoms with Crippen molar-refractivity contribution >= 4 is 39.9 Å². The van der Waals surface area contributed by atoms with E-state index >= 15 is 0 Å². The van der Waals surface area contributed by atoms with Gasteiger partial charge in [-0.05, 0) is 42.3 Å². The maximum atomic E-state index is 13.7. The van der Waals surface area contributed by atoms with Crippen molar-refractivity contribution in [3.05, 3.63) is 93.5 Å². The normalized spacial score (nSPS) is 12.1. The number of phenols is 1. The van der Waals surface area contributed by atoms with Crippen LogP contribution >= 0.6 is 23.2 Å². The number of aromatic hydroxyl groups is 1. The highest BCUT2D eigenvalue weighted by molar-refractivity contribution is 6.35. The molecule has 0 amide bonds. The number of halogens is 3. The van der Waals surface area contributed by atoms with Crippen molar-refractivity contribution in [2.45, 2.75) is 13.0 Å². The maximum Gasteiger partial charge on any atom is 0.147 e. The Balaban J connectivity index is 1.88. The fraction of sp³-hybridized carbons (Fsp3) is 0.0909. The molecule has 0 bridgehead atoms. The van der Waals surface area contributed by atoms with E-state index < -0.39 is 11.9 Å². The molecule has 1 atom stereocenters. The molecule has 4 nitrogen and oxygen atoms in total. The molecule has 4 rings (SSSR count). The van der Waals surface area contributed by atoms with Crippen molar-refractivity contribution < 1.29 is 9.50 Å². The molecule has 7 heteroatoms. The first-order valence-corrected chi connectivity index (χ1v) is 9.60. The zero-order chi connectivity index (χ0) is 20.5. The van der Waals surface area contributed by atoms with Crippen molar-refractivity contribution in [2.24, 2.45) is 0 Å². The van der Waals surface area contributed by atoms with Gasteiger partial charge in [0.1, 0.15) is 22.9 Å². The van der Waals surface area contributed by atoms with Crippen LogP contribution in [0.3, 0.4) is 0 Å². The number of rotatable bonds is 4. The van der Waals surface area contributed by atoms with Gasteiger partial charge in [-0.3, -0.25) is 4.98 Å². The minimum absolute atomic E-state index is 0.0328. The van der Waals surface area contributed by atoms with Crippen LogP contribution in [0.15, 0.2) is 60.9 Å². The molecule has 0 aliphatic rings. The average molecular weight is 428 g/mol. The number of phenolic OH excluding ortho intramolecular Hbond substituents is 1. The molecule has 0 fully saturated rings. The highest BCUT2D eigenvalue weighted by atomic mass is 35.5. The van der Waals surface area contributed by atoms with Gasteiger partial charge in [0.15, 0.2) is 0 Å². The summed E-state index contributed by atoms with van der Waals surface area (Å²) in [5.74, 6) is 0.0836. The minimum Gasteiger partial charge on any atom is -0.505 e. The van der Waals surface area contributed by atoms with E-state index in [1.807, 2.05) is 12.1 Å². The van der Waals surface area contributed by atoms with Gasteiger partial charge in [-0.2, -0.15) is 0 Å². The summed E-state index contributed by atoms with van der Waals surface area (Å²) in [4.78, 5) is 8.41. The van der Waals surface area contributed by atoms with E-state index in [1.54, 1.807) is 49.5 Å². The Bertz CT molecular complexity index is 1220. The smallest absolute Gasteiger partial charge is 0.147 e. The highest BCUT2D eigenvalue weighted by Gasteiger charge is 2.23. The van der Waals surface area contributed by atoms with Gasteiger partial charge in [-0.25, -0.2) is 9.37 Å². The van der Waals surface area contributed by atoms with E-state index in [1.165, 1.54) is 0 Å². The molecule has 2 heterocycles. The molecule has 1 unspecified atom stereocenters. The van der Waals surface area contributed by atoms with Gasteiger partial charge in [0, 0.05) is 27.2 Å². The van der Waals surface area contributed by atoms with Crippen LogP contribution in [0, 0.1) is 12.7 Å². The number of nitrogens with one attached hydrogen (secondary N) is 1. The topological polar surface area (TPSA) is 58.0 Å². The Morgan fingerprint density at radius 2 is 1.83 bits per heavy atom. The van der Waals surface area contributed by atoms with Crippen LogP contribution < -0.4 is 5.32 Å². The molecular formula is C22H16Cl2FN3O. The van der Waals surface area contributed by atoms with Gasteiger partial charge in [-0.1, -0.05) is 47.5 Å². The van der Waals surface area contributed by atoms with Gasteiger partial charge in [0.2, 0.25) is 0 Å². The first kappa shape index (κ1) is 19.4. The van der Waals surface area contributed by atoms with E-state index in [2.05, 4.69) is 15.3 Å². The third kappa shape index (κ3) is 3.84. The van der Waals surface area contributed by atoms with Crippen LogP contribution in [-0.4, -0.2) is 15.1 Å². The van der Waals surface area contributed by atoms with Crippen LogP contribution in [0.4, 0.5) is 10.2 Å². The Kier molecular flexibility index (Phi) is 5.26. The molecule has 4 aromatic rings. The van der Waals surface area contributed by atoms with Crippen LogP contribution in [0.25, 0.3) is 10.9 Å². The monoisotopic (exact) mass is 427 g/mol. The number of hydrogen-bond donors (Lipinski definition) is 2. The largest absolute Gasteiger partial charge is 0.505 e. The van der Waals surface area contributed by atoms with Crippen molar-refractivity contribution in [3.8, 4) is 5.75 Å². The predicted octanol–water partition coefficient (Wildman–Crippen LogP) is 6.29. The molecule has 0 saturated heterocycles. The number of pyridine rings is 2. The zero-order valence-electron chi connectivity index (χ0n) is 15.3. The third-order valence-corrected chi connectivity index (χ3v) is 5.27. The number of aromatic nitrogens is 2. The molecule has 2 aromatic carbocycles. The lowest BCUT2D eigenvalue weighted by atomic mass is 9.96. The van der Waals surface area contributed by atoms with Crippen LogP contribution in [-0.2, 0) is 0 Å². The summed E-state index contributed by atoms with van der Waals surface area (Å²) in [6.45, 7) is 1.66. The van der Waals surface area contributed by atoms with Gasteiger partial charge in [-0.15, -0.1) is 0 Å². The van der Waals surface area contributed by atoms with Crippen molar-refractivity contribution in [2.75, 3.05) is 5.32 Å². The lowest BCUT2D eigenvalue weighted by molar-refractivity contribution is 0.471. The maximum absolute atomic E-state index is 13.7. The van der Waals surface area contributed by atoms with Crippen molar-refractivity contribution in [3.63, 3.8) is 0 Å². The Labute approximate surface area is 177 Å². The van der Waals surface area contributed by atoms with Gasteiger partial charge < -0.3 is 10.4 Å². The molecule has 146 valence electrons. The van der Waals surface area contributed by atoms with Crippen molar-refractivity contribution in [1.82, 2.24) is 9.97 Å². The second-order valence-electron chi connectivity index (χ2n) is 6.64. The predicted molar refractivity (Wildman–Crippen MR) is 114 cm³/mol. The highest BCUT2D eigenvalue weighted by Crippen LogP contribution is 2.39. The molecule has 2 N–H and O–H groups in total. The number of hydrogen-bond acceptors (Lipinski definition) is 4. The van der Waals surface area contributed by atoms with Crippen LogP contribution in [0.5, 0.6) is 5.75 Å². The van der Waals surface area contributed by atoms with E-state index in [9.17, 15) is 9.50 Å². The average Bonchev–Trinajstić information content (AvgIpc) is 2.70. The summed E-state index contributed by atoms with van der Waals surface area (Å²) in [5.41, 5.74) is 2.17. The van der Waals surface area contributed by atoms with Crippen molar-refractivity contribution in [1.29, 1.82) is 0 Å². The molecular weight excluding hydrogens is 412 g/mol. The molecule has 0 saturated carbocycles. The van der Waals surface area contributed by atoms with Gasteiger partial charge in [0.25, 0.3) is 0 Å². The number of benzene rings is 2. The van der Waals surface area contributed by atoms with E-state index in [0.717, 1.165) is 11.6 Å². The number of fused-ring (bicyclic) bond motifs is 1. The van der Waals surface area contributed by atoms with Crippen LogP contribution in [0.1, 0.15) is 22.7 Å². The molecule has 0 radical (unpaired) electrons. The third-order valence-electron chi connectivity index (χ3n) is 4.70. The minimum atomic E-state index is -0.566. The van der Waals surface area contributed by atoms with Gasteiger partial charge >= 0.3 is 0 Å². The van der Waals surface area contributed by atoms with Crippen LogP contribution in [0.2, 0.25) is 10.0 Å². The molecule has 0 spiro atoms. The fourth-order valence-corrected chi connectivity index (χ4v) is 3.72. The van der Waals surface area contributed by atoms with E-state index in [4.69, 9.17) is 23.2 Å². The second kappa shape index (κ2) is 7.85. The molecule has 0 aliphatic carbocycles. The zero-order valence-corrected chi connectivity index (χ0v) is 16.8. The fourth-order valence-electron chi connectivity index (χ4n) is 3.20. The summed E-state index contributed by atoms with van der Waals surface area (Å²) in [7, 11) is 0. The number of aryl methyl sites for hydroxylation is 1. The van der Waals surface area contributed by atoms with E-state index in [-0.39, 0.29) is 5.75 Å².